The largest absolute Gasteiger partial charge is 0.370 e. The number of halogens is 2. The molecule has 1 aromatic carbocycles. The Bertz CT molecular complexity index is 647. The van der Waals surface area contributed by atoms with Gasteiger partial charge in [-0.25, -0.2) is 14.1 Å². The van der Waals surface area contributed by atoms with E-state index in [1.807, 2.05) is 12.3 Å². The van der Waals surface area contributed by atoms with E-state index in [1.165, 1.54) is 31.4 Å². The molecule has 5 nitrogen and oxygen atoms in total. The Hall–Kier alpha value is -1.64. The van der Waals surface area contributed by atoms with Crippen molar-refractivity contribution in [3.8, 4) is 5.69 Å². The maximum Gasteiger partial charge on any atom is 0.191 e. The van der Waals surface area contributed by atoms with Gasteiger partial charge in [-0.1, -0.05) is 0 Å². The molecule has 23 heavy (non-hydrogen) atoms. The molecule has 0 bridgehead atoms. The van der Waals surface area contributed by atoms with Gasteiger partial charge in [-0.2, -0.15) is 5.10 Å². The van der Waals surface area contributed by atoms with Crippen LogP contribution in [0.3, 0.4) is 0 Å². The topological polar surface area (TPSA) is 59.4 Å². The Morgan fingerprint density at radius 3 is 2.52 bits per heavy atom. The highest BCUT2D eigenvalue weighted by atomic mass is 127. The molecule has 1 saturated heterocycles. The summed E-state index contributed by atoms with van der Waals surface area (Å²) in [6.07, 6.45) is 5.46. The van der Waals surface area contributed by atoms with Crippen molar-refractivity contribution in [2.45, 2.75) is 25.8 Å². The Kier molecular flexibility index (Phi) is 6.37. The van der Waals surface area contributed by atoms with E-state index in [-0.39, 0.29) is 29.8 Å². The zero-order valence-corrected chi connectivity index (χ0v) is 15.2. The van der Waals surface area contributed by atoms with Crippen LogP contribution in [0.5, 0.6) is 0 Å². The number of rotatable bonds is 3. The number of aromatic nitrogens is 2. The predicted molar refractivity (Wildman–Crippen MR) is 99.7 cm³/mol. The Balaban J connectivity index is 0.00000192. The third-order valence-corrected chi connectivity index (χ3v) is 3.82. The Labute approximate surface area is 152 Å². The molecular weight excluding hydrogens is 408 g/mol. The summed E-state index contributed by atoms with van der Waals surface area (Å²) in [7, 11) is 0. The van der Waals surface area contributed by atoms with Gasteiger partial charge in [-0.3, -0.25) is 0 Å². The molecule has 2 heterocycles. The van der Waals surface area contributed by atoms with Crippen LogP contribution in [-0.4, -0.2) is 33.7 Å². The quantitative estimate of drug-likeness (QED) is 0.464. The van der Waals surface area contributed by atoms with Gasteiger partial charge in [0, 0.05) is 19.3 Å². The third kappa shape index (κ3) is 4.66. The van der Waals surface area contributed by atoms with Crippen LogP contribution in [0.1, 0.15) is 25.0 Å². The summed E-state index contributed by atoms with van der Waals surface area (Å²) in [5.41, 5.74) is 7.69. The normalized spacial score (nSPS) is 15.3. The molecule has 0 aliphatic carbocycles. The van der Waals surface area contributed by atoms with Gasteiger partial charge < -0.3 is 10.6 Å². The highest BCUT2D eigenvalue weighted by molar-refractivity contribution is 14.0. The zero-order chi connectivity index (χ0) is 15.4. The van der Waals surface area contributed by atoms with Gasteiger partial charge in [-0.15, -0.1) is 24.0 Å². The summed E-state index contributed by atoms with van der Waals surface area (Å²) in [4.78, 5) is 6.55. The fraction of sp³-hybridized carbons (Fsp3) is 0.375. The van der Waals surface area contributed by atoms with E-state index in [4.69, 9.17) is 5.73 Å². The lowest BCUT2D eigenvalue weighted by Gasteiger charge is -2.27. The third-order valence-electron chi connectivity index (χ3n) is 3.82. The summed E-state index contributed by atoms with van der Waals surface area (Å²) in [5.74, 6) is 0.339. The summed E-state index contributed by atoms with van der Waals surface area (Å²) in [6.45, 7) is 2.43. The van der Waals surface area contributed by atoms with Crippen molar-refractivity contribution in [2.75, 3.05) is 13.1 Å². The van der Waals surface area contributed by atoms with Gasteiger partial charge in [0.1, 0.15) is 5.82 Å². The lowest BCUT2D eigenvalue weighted by atomic mass is 10.1. The van der Waals surface area contributed by atoms with Crippen LogP contribution in [-0.2, 0) is 6.54 Å². The fourth-order valence-electron chi connectivity index (χ4n) is 2.57. The molecular formula is C16H21FIN5. The molecule has 2 aromatic rings. The van der Waals surface area contributed by atoms with Gasteiger partial charge in [0.2, 0.25) is 0 Å². The maximum atomic E-state index is 12.9. The van der Waals surface area contributed by atoms with Gasteiger partial charge >= 0.3 is 0 Å². The van der Waals surface area contributed by atoms with Crippen molar-refractivity contribution in [3.63, 3.8) is 0 Å². The first-order valence-electron chi connectivity index (χ1n) is 7.58. The van der Waals surface area contributed by atoms with Crippen LogP contribution in [0.2, 0.25) is 0 Å². The van der Waals surface area contributed by atoms with Crippen LogP contribution >= 0.6 is 24.0 Å². The van der Waals surface area contributed by atoms with Gasteiger partial charge in [0.15, 0.2) is 5.96 Å². The number of aliphatic imine (C=N–C) groups is 1. The average molecular weight is 429 g/mol. The zero-order valence-electron chi connectivity index (χ0n) is 12.9. The van der Waals surface area contributed by atoms with Crippen LogP contribution in [0.4, 0.5) is 4.39 Å². The smallest absolute Gasteiger partial charge is 0.191 e. The van der Waals surface area contributed by atoms with E-state index in [0.29, 0.717) is 12.5 Å². The molecule has 0 radical (unpaired) electrons. The van der Waals surface area contributed by atoms with Gasteiger partial charge in [0.25, 0.3) is 0 Å². The van der Waals surface area contributed by atoms with Crippen molar-refractivity contribution < 1.29 is 4.39 Å². The molecule has 7 heteroatoms. The number of nitrogens with zero attached hydrogens (tertiary/aromatic N) is 4. The minimum atomic E-state index is -0.255. The summed E-state index contributed by atoms with van der Waals surface area (Å²) >= 11 is 0. The SMILES string of the molecule is I.NC(=NCc1ccn(-c2ccc(F)cc2)n1)N1CCCCC1. The average Bonchev–Trinajstić information content (AvgIpc) is 3.03. The van der Waals surface area contributed by atoms with Crippen molar-refractivity contribution in [1.29, 1.82) is 0 Å². The molecule has 1 fully saturated rings. The lowest BCUT2D eigenvalue weighted by molar-refractivity contribution is 0.338. The summed E-state index contributed by atoms with van der Waals surface area (Å²) < 4.78 is 14.6. The monoisotopic (exact) mass is 429 g/mol. The van der Waals surface area contributed by atoms with Crippen molar-refractivity contribution in [1.82, 2.24) is 14.7 Å². The van der Waals surface area contributed by atoms with Crippen LogP contribution in [0.25, 0.3) is 5.69 Å². The first-order chi connectivity index (χ1) is 10.7. The lowest BCUT2D eigenvalue weighted by Crippen LogP contribution is -2.40. The number of guanidine groups is 1. The Morgan fingerprint density at radius 2 is 1.83 bits per heavy atom. The molecule has 0 spiro atoms. The van der Waals surface area contributed by atoms with Crippen LogP contribution in [0.15, 0.2) is 41.5 Å². The number of likely N-dealkylation sites (tertiary alicyclic amines) is 1. The summed E-state index contributed by atoms with van der Waals surface area (Å²) in [5, 5.41) is 4.44. The number of benzene rings is 1. The van der Waals surface area contributed by atoms with Crippen molar-refractivity contribution in [2.24, 2.45) is 10.7 Å². The fourth-order valence-corrected chi connectivity index (χ4v) is 2.57. The molecule has 1 aliphatic heterocycles. The van der Waals surface area contributed by atoms with Crippen molar-refractivity contribution in [3.05, 3.63) is 48.0 Å². The molecule has 0 atom stereocenters. The summed E-state index contributed by atoms with van der Waals surface area (Å²) in [6, 6.07) is 8.12. The Morgan fingerprint density at radius 1 is 1.13 bits per heavy atom. The first kappa shape index (κ1) is 17.7. The minimum Gasteiger partial charge on any atom is -0.370 e. The second kappa shape index (κ2) is 8.28. The molecule has 124 valence electrons. The molecule has 1 aromatic heterocycles. The van der Waals surface area contributed by atoms with E-state index < -0.39 is 0 Å². The highest BCUT2D eigenvalue weighted by Crippen LogP contribution is 2.11. The first-order valence-corrected chi connectivity index (χ1v) is 7.58. The van der Waals surface area contributed by atoms with E-state index in [9.17, 15) is 4.39 Å². The molecule has 1 aliphatic rings. The number of nitrogens with two attached hydrogens (primary N) is 1. The van der Waals surface area contributed by atoms with E-state index in [1.54, 1.807) is 16.8 Å². The number of piperidine rings is 1. The van der Waals surface area contributed by atoms with Gasteiger partial charge in [0.05, 0.1) is 17.9 Å². The molecule has 0 amide bonds. The second-order valence-corrected chi connectivity index (χ2v) is 5.45. The molecule has 3 rings (SSSR count). The standard InChI is InChI=1S/C16H20FN5.HI/c17-13-4-6-15(7-5-13)22-11-8-14(20-22)12-19-16(18)21-9-2-1-3-10-21;/h4-8,11H,1-3,9-10,12H2,(H2,18,19);1H. The van der Waals surface area contributed by atoms with Crippen LogP contribution < -0.4 is 5.73 Å². The minimum absolute atomic E-state index is 0. The maximum absolute atomic E-state index is 12.9. The van der Waals surface area contributed by atoms with E-state index in [0.717, 1.165) is 24.5 Å². The number of hydrogen-bond donors (Lipinski definition) is 1. The van der Waals surface area contributed by atoms with E-state index >= 15 is 0 Å². The highest BCUT2D eigenvalue weighted by Gasteiger charge is 2.11. The molecule has 0 unspecified atom stereocenters. The molecule has 2 N–H and O–H groups in total. The second-order valence-electron chi connectivity index (χ2n) is 5.45. The molecule has 0 saturated carbocycles. The van der Waals surface area contributed by atoms with Crippen LogP contribution in [0, 0.1) is 5.82 Å². The van der Waals surface area contributed by atoms with E-state index in [2.05, 4.69) is 15.0 Å². The van der Waals surface area contributed by atoms with Crippen molar-refractivity contribution >= 4 is 29.9 Å². The van der Waals surface area contributed by atoms with Gasteiger partial charge in [-0.05, 0) is 49.6 Å². The predicted octanol–water partition coefficient (Wildman–Crippen LogP) is 2.93. The number of hydrogen-bond acceptors (Lipinski definition) is 2.